The Morgan fingerprint density at radius 1 is 1.19 bits per heavy atom. The summed E-state index contributed by atoms with van der Waals surface area (Å²) >= 11 is 0. The largest absolute Gasteiger partial charge is 0.444 e. The predicted molar refractivity (Wildman–Crippen MR) is 128 cm³/mol. The number of carbonyl (C=O) groups is 1. The van der Waals surface area contributed by atoms with Crippen molar-refractivity contribution in [2.75, 3.05) is 44.3 Å². The summed E-state index contributed by atoms with van der Waals surface area (Å²) in [5.74, 6) is 0.373. The van der Waals surface area contributed by atoms with Crippen molar-refractivity contribution in [2.24, 2.45) is 0 Å². The first kappa shape index (κ1) is 26.3. The zero-order valence-electron chi connectivity index (χ0n) is 20.5. The van der Waals surface area contributed by atoms with Crippen LogP contribution in [0.3, 0.4) is 0 Å². The smallest absolute Gasteiger partial charge is 0.410 e. The Hall–Kier alpha value is -1.91. The highest BCUT2D eigenvalue weighted by atomic mass is 28.3. The Morgan fingerprint density at radius 3 is 2.41 bits per heavy atom. The van der Waals surface area contributed by atoms with E-state index in [4.69, 9.17) is 9.47 Å². The lowest BCUT2D eigenvalue weighted by Crippen LogP contribution is -2.51. The van der Waals surface area contributed by atoms with Crippen molar-refractivity contribution in [3.8, 4) is 0 Å². The standard InChI is InChI=1S/C22H40N4O5Si/c1-22(2,3)31-21(29)25-11-9-24(10-12-25)19-20(28)26(16-18(23-19)8-7-13-27)17-30-14-15-32(4,5)6/h16,27H,7-15,17H2,1-6H3. The number of nitrogens with zero attached hydrogens (tertiary/aromatic N) is 4. The van der Waals surface area contributed by atoms with Gasteiger partial charge in [0, 0.05) is 53.7 Å². The first-order valence-electron chi connectivity index (χ1n) is 11.4. The number of carbonyl (C=O) groups excluding carboxylic acids is 1. The second-order valence-electron chi connectivity index (χ2n) is 10.5. The number of rotatable bonds is 9. The fourth-order valence-electron chi connectivity index (χ4n) is 3.23. The van der Waals surface area contributed by atoms with Crippen molar-refractivity contribution in [1.82, 2.24) is 14.5 Å². The van der Waals surface area contributed by atoms with Crippen molar-refractivity contribution < 1.29 is 19.4 Å². The van der Waals surface area contributed by atoms with Gasteiger partial charge < -0.3 is 24.4 Å². The van der Waals surface area contributed by atoms with E-state index in [1.54, 1.807) is 15.7 Å². The minimum Gasteiger partial charge on any atom is -0.444 e. The summed E-state index contributed by atoms with van der Waals surface area (Å²) in [6.07, 6.45) is 2.55. The third kappa shape index (κ3) is 8.55. The van der Waals surface area contributed by atoms with Crippen molar-refractivity contribution >= 4 is 20.0 Å². The summed E-state index contributed by atoms with van der Waals surface area (Å²) in [5.41, 5.74) is 0.00788. The number of ether oxygens (including phenoxy) is 2. The second-order valence-corrected chi connectivity index (χ2v) is 16.1. The van der Waals surface area contributed by atoms with E-state index in [0.717, 1.165) is 11.7 Å². The lowest BCUT2D eigenvalue weighted by molar-refractivity contribution is 0.0240. The number of hydrogen-bond acceptors (Lipinski definition) is 7. The van der Waals surface area contributed by atoms with E-state index in [9.17, 15) is 14.7 Å². The minimum atomic E-state index is -1.21. The van der Waals surface area contributed by atoms with Crippen LogP contribution in [0, 0.1) is 0 Å². The molecule has 0 spiro atoms. The number of hydrogen-bond donors (Lipinski definition) is 1. The minimum absolute atomic E-state index is 0.0669. The van der Waals surface area contributed by atoms with Gasteiger partial charge in [-0.1, -0.05) is 19.6 Å². The molecule has 0 saturated carbocycles. The quantitative estimate of drug-likeness (QED) is 0.439. The van der Waals surface area contributed by atoms with Gasteiger partial charge in [-0.05, 0) is 39.7 Å². The van der Waals surface area contributed by atoms with Crippen LogP contribution < -0.4 is 10.5 Å². The van der Waals surface area contributed by atoms with Gasteiger partial charge in [-0.3, -0.25) is 9.36 Å². The van der Waals surface area contributed by atoms with Crippen LogP contribution in [-0.2, 0) is 22.6 Å². The zero-order valence-corrected chi connectivity index (χ0v) is 21.5. The van der Waals surface area contributed by atoms with E-state index in [0.29, 0.717) is 51.4 Å². The summed E-state index contributed by atoms with van der Waals surface area (Å²) < 4.78 is 12.8. The van der Waals surface area contributed by atoms with Crippen molar-refractivity contribution in [2.45, 2.75) is 71.6 Å². The maximum absolute atomic E-state index is 13.1. The Labute approximate surface area is 192 Å². The Kier molecular flexibility index (Phi) is 9.29. The average molecular weight is 469 g/mol. The normalized spacial score (nSPS) is 15.2. The van der Waals surface area contributed by atoms with Gasteiger partial charge in [0.25, 0.3) is 5.56 Å². The van der Waals surface area contributed by atoms with Gasteiger partial charge in [-0.2, -0.15) is 0 Å². The number of aliphatic hydroxyl groups excluding tert-OH is 1. The fourth-order valence-corrected chi connectivity index (χ4v) is 3.99. The van der Waals surface area contributed by atoms with Crippen LogP contribution >= 0.6 is 0 Å². The van der Waals surface area contributed by atoms with E-state index in [1.807, 2.05) is 25.7 Å². The highest BCUT2D eigenvalue weighted by Crippen LogP contribution is 2.15. The molecule has 0 aliphatic carbocycles. The van der Waals surface area contributed by atoms with Gasteiger partial charge in [0.15, 0.2) is 5.82 Å². The molecule has 1 aliphatic heterocycles. The van der Waals surface area contributed by atoms with Crippen LogP contribution in [0.1, 0.15) is 32.9 Å². The highest BCUT2D eigenvalue weighted by molar-refractivity contribution is 6.76. The van der Waals surface area contributed by atoms with Gasteiger partial charge in [-0.25, -0.2) is 9.78 Å². The molecular weight excluding hydrogens is 428 g/mol. The number of amides is 1. The molecular formula is C22H40N4O5Si. The molecule has 32 heavy (non-hydrogen) atoms. The van der Waals surface area contributed by atoms with Gasteiger partial charge >= 0.3 is 6.09 Å². The maximum Gasteiger partial charge on any atom is 0.410 e. The third-order valence-electron chi connectivity index (χ3n) is 5.06. The van der Waals surface area contributed by atoms with Gasteiger partial charge in [-0.15, -0.1) is 0 Å². The van der Waals surface area contributed by atoms with Crippen LogP contribution in [0.2, 0.25) is 25.7 Å². The molecule has 0 bridgehead atoms. The summed E-state index contributed by atoms with van der Waals surface area (Å²) in [6.45, 7) is 15.2. The molecule has 1 aromatic heterocycles. The summed E-state index contributed by atoms with van der Waals surface area (Å²) in [7, 11) is -1.21. The first-order chi connectivity index (χ1) is 14.9. The second kappa shape index (κ2) is 11.3. The predicted octanol–water partition coefficient (Wildman–Crippen LogP) is 2.54. The third-order valence-corrected chi connectivity index (χ3v) is 6.76. The van der Waals surface area contributed by atoms with Crippen LogP contribution in [-0.4, -0.2) is 78.7 Å². The SMILES string of the molecule is CC(C)(C)OC(=O)N1CCN(c2nc(CCCO)cn(COCC[Si](C)(C)C)c2=O)CC1. The number of anilines is 1. The number of aryl methyl sites for hydroxylation is 1. The van der Waals surface area contributed by atoms with E-state index in [-0.39, 0.29) is 25.0 Å². The van der Waals surface area contributed by atoms with Gasteiger partial charge in [0.2, 0.25) is 0 Å². The first-order valence-corrected chi connectivity index (χ1v) is 15.1. The van der Waals surface area contributed by atoms with E-state index >= 15 is 0 Å². The van der Waals surface area contributed by atoms with Gasteiger partial charge in [0.1, 0.15) is 12.3 Å². The lowest BCUT2D eigenvalue weighted by atomic mass is 10.2. The highest BCUT2D eigenvalue weighted by Gasteiger charge is 2.27. The van der Waals surface area contributed by atoms with Crippen molar-refractivity contribution in [3.05, 3.63) is 22.2 Å². The maximum atomic E-state index is 13.1. The Balaban J connectivity index is 2.11. The topological polar surface area (TPSA) is 97.1 Å². The number of aromatic nitrogens is 2. The van der Waals surface area contributed by atoms with Crippen LogP contribution in [0.5, 0.6) is 0 Å². The van der Waals surface area contributed by atoms with Gasteiger partial charge in [0.05, 0.1) is 5.69 Å². The molecule has 1 amide bonds. The molecule has 1 aliphatic rings. The zero-order chi connectivity index (χ0) is 23.9. The summed E-state index contributed by atoms with van der Waals surface area (Å²) in [4.78, 5) is 33.6. The molecule has 0 aromatic carbocycles. The molecule has 0 radical (unpaired) electrons. The van der Waals surface area contributed by atoms with E-state index in [1.165, 1.54) is 0 Å². The lowest BCUT2D eigenvalue weighted by Gasteiger charge is -2.36. The molecule has 9 nitrogen and oxygen atoms in total. The molecule has 0 atom stereocenters. The van der Waals surface area contributed by atoms with Crippen LogP contribution in [0.4, 0.5) is 10.6 Å². The molecule has 182 valence electrons. The molecule has 1 aromatic rings. The fraction of sp³-hybridized carbons (Fsp3) is 0.773. The molecule has 2 heterocycles. The van der Waals surface area contributed by atoms with E-state index in [2.05, 4.69) is 24.6 Å². The average Bonchev–Trinajstić information content (AvgIpc) is 2.69. The number of aliphatic hydroxyl groups is 1. The van der Waals surface area contributed by atoms with Crippen LogP contribution in [0.25, 0.3) is 0 Å². The molecule has 10 heteroatoms. The molecule has 0 unspecified atom stereocenters. The molecule has 1 saturated heterocycles. The number of piperazine rings is 1. The molecule has 1 fully saturated rings. The Bertz CT molecular complexity index is 808. The molecule has 1 N–H and O–H groups in total. The van der Waals surface area contributed by atoms with Crippen LogP contribution in [0.15, 0.2) is 11.0 Å². The van der Waals surface area contributed by atoms with Crippen molar-refractivity contribution in [1.29, 1.82) is 0 Å². The van der Waals surface area contributed by atoms with Crippen molar-refractivity contribution in [3.63, 3.8) is 0 Å². The summed E-state index contributed by atoms with van der Waals surface area (Å²) in [6, 6.07) is 1.03. The Morgan fingerprint density at radius 2 is 1.84 bits per heavy atom. The monoisotopic (exact) mass is 468 g/mol. The summed E-state index contributed by atoms with van der Waals surface area (Å²) in [5, 5.41) is 9.20. The molecule has 2 rings (SSSR count). The van der Waals surface area contributed by atoms with E-state index < -0.39 is 13.7 Å².